The Morgan fingerprint density at radius 1 is 1.13 bits per heavy atom. The van der Waals surface area contributed by atoms with Gasteiger partial charge in [-0.15, -0.1) is 5.10 Å². The van der Waals surface area contributed by atoms with Crippen molar-refractivity contribution in [2.75, 3.05) is 11.9 Å². The molecule has 0 aliphatic rings. The van der Waals surface area contributed by atoms with Crippen LogP contribution in [0, 0.1) is 0 Å². The third kappa shape index (κ3) is 5.88. The van der Waals surface area contributed by atoms with Crippen LogP contribution in [0.15, 0.2) is 54.9 Å². The van der Waals surface area contributed by atoms with Crippen LogP contribution in [-0.4, -0.2) is 49.3 Å². The van der Waals surface area contributed by atoms with Gasteiger partial charge in [0.2, 0.25) is 0 Å². The van der Waals surface area contributed by atoms with Crippen molar-refractivity contribution in [1.29, 1.82) is 0 Å². The highest BCUT2D eigenvalue weighted by atomic mass is 16.6. The average molecular weight is 422 g/mol. The number of carbonyl (C=O) groups is 2. The fourth-order valence-corrected chi connectivity index (χ4v) is 2.88. The van der Waals surface area contributed by atoms with Crippen molar-refractivity contribution in [1.82, 2.24) is 25.1 Å². The van der Waals surface area contributed by atoms with Gasteiger partial charge in [-0.2, -0.15) is 0 Å². The number of hydrogen-bond donors (Lipinski definition) is 1. The molecule has 0 fully saturated rings. The molecule has 0 aliphatic heterocycles. The summed E-state index contributed by atoms with van der Waals surface area (Å²) in [7, 11) is 0. The van der Waals surface area contributed by atoms with Crippen molar-refractivity contribution in [3.63, 3.8) is 0 Å². The summed E-state index contributed by atoms with van der Waals surface area (Å²) in [6.07, 6.45) is 1.06. The first-order chi connectivity index (χ1) is 14.8. The number of tetrazole rings is 1. The normalized spacial score (nSPS) is 11.1. The second-order valence-electron chi connectivity index (χ2n) is 7.91. The molecule has 0 spiro atoms. The van der Waals surface area contributed by atoms with E-state index in [0.717, 1.165) is 5.56 Å². The number of para-hydroxylation sites is 1. The number of nitrogens with one attached hydrogen (secondary N) is 1. The molecule has 3 rings (SSSR count). The van der Waals surface area contributed by atoms with E-state index in [1.807, 2.05) is 45.9 Å². The second kappa shape index (κ2) is 9.38. The summed E-state index contributed by atoms with van der Waals surface area (Å²) in [5.74, 6) is -0.275. The van der Waals surface area contributed by atoms with Crippen LogP contribution < -0.4 is 5.32 Å². The van der Waals surface area contributed by atoms with Crippen LogP contribution in [0.25, 0.3) is 5.69 Å². The molecule has 9 heteroatoms. The number of amides is 2. The molecular formula is C22H26N6O3. The molecule has 162 valence electrons. The lowest BCUT2D eigenvalue weighted by Gasteiger charge is -2.27. The molecule has 0 aliphatic carbocycles. The average Bonchev–Trinajstić information content (AvgIpc) is 3.27. The molecule has 0 radical (unpaired) electrons. The minimum absolute atomic E-state index is 0.275. The number of aromatic nitrogens is 4. The third-order valence-electron chi connectivity index (χ3n) is 4.38. The molecule has 0 atom stereocenters. The number of benzene rings is 2. The van der Waals surface area contributed by atoms with Gasteiger partial charge in [-0.3, -0.25) is 4.79 Å². The van der Waals surface area contributed by atoms with Crippen molar-refractivity contribution >= 4 is 17.7 Å². The quantitative estimate of drug-likeness (QED) is 0.650. The molecule has 0 bridgehead atoms. The maximum atomic E-state index is 12.9. The zero-order valence-electron chi connectivity index (χ0n) is 18.1. The fraction of sp³-hybridized carbons (Fsp3) is 0.318. The summed E-state index contributed by atoms with van der Waals surface area (Å²) >= 11 is 0. The molecular weight excluding hydrogens is 396 g/mol. The SMILES string of the molecule is CCN(Cc1ccccc1NC(=O)c1cccc(-n2cnnn2)c1)C(=O)OC(C)(C)C. The molecule has 3 aromatic rings. The van der Waals surface area contributed by atoms with Gasteiger partial charge < -0.3 is 15.0 Å². The van der Waals surface area contributed by atoms with Crippen molar-refractivity contribution in [3.05, 3.63) is 66.0 Å². The summed E-state index contributed by atoms with van der Waals surface area (Å²) in [6, 6.07) is 14.4. The van der Waals surface area contributed by atoms with E-state index in [-0.39, 0.29) is 5.91 Å². The number of ether oxygens (including phenoxy) is 1. The van der Waals surface area contributed by atoms with Gasteiger partial charge in [0.1, 0.15) is 11.9 Å². The van der Waals surface area contributed by atoms with Gasteiger partial charge in [0, 0.05) is 17.8 Å². The van der Waals surface area contributed by atoms with Crippen LogP contribution in [0.5, 0.6) is 0 Å². The number of anilines is 1. The zero-order chi connectivity index (χ0) is 22.4. The van der Waals surface area contributed by atoms with Crippen LogP contribution in [0.3, 0.4) is 0 Å². The minimum atomic E-state index is -0.580. The van der Waals surface area contributed by atoms with Gasteiger partial charge in [-0.05, 0) is 68.0 Å². The predicted molar refractivity (Wildman–Crippen MR) is 116 cm³/mol. The van der Waals surface area contributed by atoms with Gasteiger partial charge in [0.25, 0.3) is 5.91 Å². The van der Waals surface area contributed by atoms with E-state index >= 15 is 0 Å². The smallest absolute Gasteiger partial charge is 0.410 e. The molecule has 0 unspecified atom stereocenters. The van der Waals surface area contributed by atoms with E-state index in [2.05, 4.69) is 20.8 Å². The van der Waals surface area contributed by atoms with E-state index in [4.69, 9.17) is 4.74 Å². The Kier molecular flexibility index (Phi) is 6.64. The number of rotatable bonds is 6. The topological polar surface area (TPSA) is 102 Å². The molecule has 1 aromatic heterocycles. The molecule has 2 amide bonds. The van der Waals surface area contributed by atoms with Crippen molar-refractivity contribution in [2.24, 2.45) is 0 Å². The Labute approximate surface area is 181 Å². The molecule has 1 heterocycles. The first-order valence-corrected chi connectivity index (χ1v) is 9.97. The standard InChI is InChI=1S/C22H26N6O3/c1-5-27(21(30)31-22(2,3)4)14-17-9-6-7-12-19(17)24-20(29)16-10-8-11-18(13-16)28-15-23-25-26-28/h6-13,15H,5,14H2,1-4H3,(H,24,29). The molecule has 2 aromatic carbocycles. The maximum absolute atomic E-state index is 12.9. The third-order valence-corrected chi connectivity index (χ3v) is 4.38. The first kappa shape index (κ1) is 21.9. The van der Waals surface area contributed by atoms with Gasteiger partial charge in [-0.1, -0.05) is 24.3 Å². The van der Waals surface area contributed by atoms with Gasteiger partial charge in [0.15, 0.2) is 0 Å². The van der Waals surface area contributed by atoms with Crippen LogP contribution >= 0.6 is 0 Å². The van der Waals surface area contributed by atoms with Crippen molar-refractivity contribution in [2.45, 2.75) is 39.8 Å². The summed E-state index contributed by atoms with van der Waals surface area (Å²) < 4.78 is 6.96. The van der Waals surface area contributed by atoms with Crippen molar-refractivity contribution in [3.8, 4) is 5.69 Å². The summed E-state index contributed by atoms with van der Waals surface area (Å²) in [5.41, 5.74) is 1.99. The Hall–Kier alpha value is -3.75. The Balaban J connectivity index is 1.77. The summed E-state index contributed by atoms with van der Waals surface area (Å²) in [4.78, 5) is 27.0. The van der Waals surface area contributed by atoms with E-state index in [1.165, 1.54) is 11.0 Å². The Bertz CT molecular complexity index is 1040. The van der Waals surface area contributed by atoms with Gasteiger partial charge in [0.05, 0.1) is 12.2 Å². The fourth-order valence-electron chi connectivity index (χ4n) is 2.88. The molecule has 9 nitrogen and oxygen atoms in total. The number of nitrogens with zero attached hydrogens (tertiary/aromatic N) is 5. The first-order valence-electron chi connectivity index (χ1n) is 9.97. The summed E-state index contributed by atoms with van der Waals surface area (Å²) in [6.45, 7) is 8.16. The number of hydrogen-bond acceptors (Lipinski definition) is 6. The lowest BCUT2D eigenvalue weighted by molar-refractivity contribution is 0.0245. The highest BCUT2D eigenvalue weighted by Gasteiger charge is 2.22. The minimum Gasteiger partial charge on any atom is -0.444 e. The zero-order valence-corrected chi connectivity index (χ0v) is 18.1. The predicted octanol–water partition coefficient (Wildman–Crippen LogP) is 3.67. The monoisotopic (exact) mass is 422 g/mol. The van der Waals surface area contributed by atoms with Crippen LogP contribution in [-0.2, 0) is 11.3 Å². The lowest BCUT2D eigenvalue weighted by Crippen LogP contribution is -2.36. The molecule has 1 N–H and O–H groups in total. The largest absolute Gasteiger partial charge is 0.444 e. The van der Waals surface area contributed by atoms with E-state index < -0.39 is 11.7 Å². The van der Waals surface area contributed by atoms with E-state index in [1.54, 1.807) is 35.2 Å². The summed E-state index contributed by atoms with van der Waals surface area (Å²) in [5, 5.41) is 14.0. The maximum Gasteiger partial charge on any atom is 0.410 e. The number of carbonyl (C=O) groups excluding carboxylic acids is 2. The molecule has 31 heavy (non-hydrogen) atoms. The van der Waals surface area contributed by atoms with E-state index in [0.29, 0.717) is 30.0 Å². The van der Waals surface area contributed by atoms with E-state index in [9.17, 15) is 9.59 Å². The Morgan fingerprint density at radius 2 is 1.90 bits per heavy atom. The Morgan fingerprint density at radius 3 is 2.58 bits per heavy atom. The van der Waals surface area contributed by atoms with Crippen molar-refractivity contribution < 1.29 is 14.3 Å². The highest BCUT2D eigenvalue weighted by molar-refractivity contribution is 6.05. The molecule has 0 saturated heterocycles. The highest BCUT2D eigenvalue weighted by Crippen LogP contribution is 2.20. The van der Waals surface area contributed by atoms with Crippen LogP contribution in [0.2, 0.25) is 0 Å². The van der Waals surface area contributed by atoms with Gasteiger partial charge >= 0.3 is 6.09 Å². The second-order valence-corrected chi connectivity index (χ2v) is 7.91. The van der Waals surface area contributed by atoms with Crippen LogP contribution in [0.4, 0.5) is 10.5 Å². The van der Waals surface area contributed by atoms with Crippen LogP contribution in [0.1, 0.15) is 43.6 Å². The molecule has 0 saturated carbocycles. The lowest BCUT2D eigenvalue weighted by atomic mass is 10.1. The van der Waals surface area contributed by atoms with Gasteiger partial charge in [-0.25, -0.2) is 9.48 Å².